The molecule has 120 valence electrons. The van der Waals surface area contributed by atoms with Crippen molar-refractivity contribution in [2.24, 2.45) is 0 Å². The molecule has 0 aliphatic carbocycles. The number of nitrogens with zero attached hydrogens (tertiary/aromatic N) is 1. The molecule has 0 aliphatic heterocycles. The molecule has 2 aromatic rings. The van der Waals surface area contributed by atoms with Gasteiger partial charge in [0.25, 0.3) is 11.6 Å². The van der Waals surface area contributed by atoms with Crippen LogP contribution in [0, 0.1) is 15.9 Å². The zero-order chi connectivity index (χ0) is 16.8. The molecule has 23 heavy (non-hydrogen) atoms. The lowest BCUT2D eigenvalue weighted by Gasteiger charge is -2.09. The normalized spacial score (nSPS) is 10.2. The molecule has 2 N–H and O–H groups in total. The number of nitro benzene ring substituents is 1. The molecule has 6 nitrogen and oxygen atoms in total. The molecule has 0 bridgehead atoms. The molecule has 0 unspecified atom stereocenters. The molecule has 0 radical (unpaired) electrons. The Bertz CT molecular complexity index is 740. The number of rotatable bonds is 6. The number of amides is 1. The summed E-state index contributed by atoms with van der Waals surface area (Å²) in [6.07, 6.45) is 0. The van der Waals surface area contributed by atoms with Crippen LogP contribution in [0.5, 0.6) is 0 Å². The molecule has 8 heteroatoms. The third-order valence-corrected chi connectivity index (χ3v) is 3.66. The number of halogens is 2. The van der Waals surface area contributed by atoms with Gasteiger partial charge in [-0.1, -0.05) is 12.1 Å². The maximum Gasteiger partial charge on any atom is 0.292 e. The molecule has 2 aromatic carbocycles. The predicted molar refractivity (Wildman–Crippen MR) is 88.0 cm³/mol. The molecule has 0 atom stereocenters. The van der Waals surface area contributed by atoms with Crippen LogP contribution >= 0.6 is 15.9 Å². The molecule has 0 heterocycles. The van der Waals surface area contributed by atoms with Crippen molar-refractivity contribution in [3.05, 3.63) is 68.4 Å². The highest BCUT2D eigenvalue weighted by atomic mass is 79.9. The molecule has 0 saturated heterocycles. The lowest BCUT2D eigenvalue weighted by molar-refractivity contribution is -0.384. The third-order valence-electron chi connectivity index (χ3n) is 3.00. The second-order valence-electron chi connectivity index (χ2n) is 4.58. The van der Waals surface area contributed by atoms with E-state index in [1.807, 2.05) is 0 Å². The zero-order valence-electron chi connectivity index (χ0n) is 11.9. The summed E-state index contributed by atoms with van der Waals surface area (Å²) < 4.78 is 13.3. The minimum absolute atomic E-state index is 0.0277. The van der Waals surface area contributed by atoms with Crippen LogP contribution in [0.25, 0.3) is 0 Å². The van der Waals surface area contributed by atoms with Gasteiger partial charge in [0.2, 0.25) is 0 Å². The van der Waals surface area contributed by atoms with E-state index >= 15 is 0 Å². The number of hydrogen-bond donors (Lipinski definition) is 2. The molecule has 0 saturated carbocycles. The van der Waals surface area contributed by atoms with E-state index in [2.05, 4.69) is 26.6 Å². The molecular weight excluding hydrogens is 369 g/mol. The van der Waals surface area contributed by atoms with Crippen LogP contribution in [0.3, 0.4) is 0 Å². The Morgan fingerprint density at radius 1 is 1.22 bits per heavy atom. The summed E-state index contributed by atoms with van der Waals surface area (Å²) in [7, 11) is 0. The SMILES string of the molecule is O=C(NCCNc1ccccc1[N+](=O)[O-])c1ccc(F)cc1Br. The Morgan fingerprint density at radius 2 is 1.96 bits per heavy atom. The summed E-state index contributed by atoms with van der Waals surface area (Å²) >= 11 is 3.13. The highest BCUT2D eigenvalue weighted by Crippen LogP contribution is 2.22. The van der Waals surface area contributed by atoms with Crippen LogP contribution in [-0.2, 0) is 0 Å². The number of carbonyl (C=O) groups is 1. The first-order valence-electron chi connectivity index (χ1n) is 6.69. The number of hydrogen-bond acceptors (Lipinski definition) is 4. The minimum Gasteiger partial charge on any atom is -0.378 e. The Labute approximate surface area is 140 Å². The van der Waals surface area contributed by atoms with Crippen molar-refractivity contribution in [1.82, 2.24) is 5.32 Å². The highest BCUT2D eigenvalue weighted by Gasteiger charge is 2.12. The molecular formula is C15H13BrFN3O3. The molecule has 0 aliphatic rings. The van der Waals surface area contributed by atoms with Gasteiger partial charge in [0, 0.05) is 23.6 Å². The van der Waals surface area contributed by atoms with Crippen molar-refractivity contribution in [2.45, 2.75) is 0 Å². The van der Waals surface area contributed by atoms with E-state index in [4.69, 9.17) is 0 Å². The summed E-state index contributed by atoms with van der Waals surface area (Å²) in [5.41, 5.74) is 0.673. The Balaban J connectivity index is 1.88. The fourth-order valence-corrected chi connectivity index (χ4v) is 2.46. The largest absolute Gasteiger partial charge is 0.378 e. The molecule has 0 aromatic heterocycles. The third kappa shape index (κ3) is 4.49. The van der Waals surface area contributed by atoms with E-state index < -0.39 is 10.7 Å². The van der Waals surface area contributed by atoms with Gasteiger partial charge in [-0.15, -0.1) is 0 Å². The van der Waals surface area contributed by atoms with Gasteiger partial charge in [0.15, 0.2) is 0 Å². The van der Waals surface area contributed by atoms with E-state index in [-0.39, 0.29) is 18.1 Å². The first kappa shape index (κ1) is 16.9. The number of nitro groups is 1. The zero-order valence-corrected chi connectivity index (χ0v) is 13.5. The topological polar surface area (TPSA) is 84.3 Å². The van der Waals surface area contributed by atoms with Gasteiger partial charge in [0.1, 0.15) is 11.5 Å². The quantitative estimate of drug-likeness (QED) is 0.456. The van der Waals surface area contributed by atoms with Gasteiger partial charge in [-0.05, 0) is 40.2 Å². The summed E-state index contributed by atoms with van der Waals surface area (Å²) in [6, 6.07) is 10.0. The smallest absolute Gasteiger partial charge is 0.292 e. The maximum atomic E-state index is 13.0. The van der Waals surface area contributed by atoms with Crippen LogP contribution in [0.2, 0.25) is 0 Å². The highest BCUT2D eigenvalue weighted by molar-refractivity contribution is 9.10. The lowest BCUT2D eigenvalue weighted by atomic mass is 10.2. The molecule has 0 fully saturated rings. The van der Waals surface area contributed by atoms with Gasteiger partial charge in [0.05, 0.1) is 10.5 Å². The minimum atomic E-state index is -0.476. The van der Waals surface area contributed by atoms with Crippen LogP contribution < -0.4 is 10.6 Å². The van der Waals surface area contributed by atoms with Crippen molar-refractivity contribution in [2.75, 3.05) is 18.4 Å². The summed E-state index contributed by atoms with van der Waals surface area (Å²) in [5.74, 6) is -0.798. The Morgan fingerprint density at radius 3 is 2.65 bits per heavy atom. The van der Waals surface area contributed by atoms with Gasteiger partial charge < -0.3 is 10.6 Å². The van der Waals surface area contributed by atoms with E-state index in [0.717, 1.165) is 0 Å². The lowest BCUT2D eigenvalue weighted by Crippen LogP contribution is -2.29. The Kier molecular flexibility index (Phi) is 5.64. The van der Waals surface area contributed by atoms with Gasteiger partial charge in [-0.2, -0.15) is 0 Å². The number of benzene rings is 2. The van der Waals surface area contributed by atoms with Crippen LogP contribution in [-0.4, -0.2) is 23.9 Å². The van der Waals surface area contributed by atoms with Crippen LogP contribution in [0.1, 0.15) is 10.4 Å². The fourth-order valence-electron chi connectivity index (χ4n) is 1.92. The van der Waals surface area contributed by atoms with E-state index in [1.165, 1.54) is 24.3 Å². The molecule has 2 rings (SSSR count). The summed E-state index contributed by atoms with van der Waals surface area (Å²) in [5, 5.41) is 16.4. The monoisotopic (exact) mass is 381 g/mol. The summed E-state index contributed by atoms with van der Waals surface area (Å²) in [6.45, 7) is 0.574. The Hall–Kier alpha value is -2.48. The average Bonchev–Trinajstić information content (AvgIpc) is 2.51. The number of nitrogens with one attached hydrogen (secondary N) is 2. The first-order chi connectivity index (χ1) is 11.0. The second-order valence-corrected chi connectivity index (χ2v) is 5.44. The average molecular weight is 382 g/mol. The van der Waals surface area contributed by atoms with Crippen molar-refractivity contribution in [3.8, 4) is 0 Å². The van der Waals surface area contributed by atoms with E-state index in [0.29, 0.717) is 22.3 Å². The standard InChI is InChI=1S/C15H13BrFN3O3/c16-12-9-10(17)5-6-11(12)15(21)19-8-7-18-13-3-1-2-4-14(13)20(22)23/h1-6,9,18H,7-8H2,(H,19,21). The van der Waals surface area contributed by atoms with Gasteiger partial charge in [-0.3, -0.25) is 14.9 Å². The first-order valence-corrected chi connectivity index (χ1v) is 7.49. The van der Waals surface area contributed by atoms with Crippen molar-refractivity contribution < 1.29 is 14.1 Å². The number of carbonyl (C=O) groups excluding carboxylic acids is 1. The van der Waals surface area contributed by atoms with Crippen molar-refractivity contribution >= 4 is 33.2 Å². The second kappa shape index (κ2) is 7.68. The van der Waals surface area contributed by atoms with E-state index in [1.54, 1.807) is 18.2 Å². The number of para-hydroxylation sites is 2. The maximum absolute atomic E-state index is 13.0. The fraction of sp³-hybridized carbons (Fsp3) is 0.133. The summed E-state index contributed by atoms with van der Waals surface area (Å²) in [4.78, 5) is 22.4. The molecule has 1 amide bonds. The van der Waals surface area contributed by atoms with Crippen LogP contribution in [0.4, 0.5) is 15.8 Å². The van der Waals surface area contributed by atoms with Crippen molar-refractivity contribution in [3.63, 3.8) is 0 Å². The van der Waals surface area contributed by atoms with Gasteiger partial charge in [-0.25, -0.2) is 4.39 Å². The van der Waals surface area contributed by atoms with Crippen LogP contribution in [0.15, 0.2) is 46.9 Å². The predicted octanol–water partition coefficient (Wildman–Crippen LogP) is 3.34. The van der Waals surface area contributed by atoms with Crippen molar-refractivity contribution in [1.29, 1.82) is 0 Å². The number of anilines is 1. The van der Waals surface area contributed by atoms with Gasteiger partial charge >= 0.3 is 0 Å². The molecule has 0 spiro atoms. The van der Waals surface area contributed by atoms with E-state index in [9.17, 15) is 19.3 Å².